The first-order valence-corrected chi connectivity index (χ1v) is 4.27. The second-order valence-corrected chi connectivity index (χ2v) is 3.25. The normalized spacial score (nSPS) is 13.1. The molecule has 2 aromatic heterocycles. The van der Waals surface area contributed by atoms with Crippen molar-refractivity contribution in [3.63, 3.8) is 0 Å². The van der Waals surface area contributed by atoms with Crippen molar-refractivity contribution >= 4 is 11.6 Å². The van der Waals surface area contributed by atoms with E-state index in [1.165, 1.54) is 0 Å². The molecule has 1 atom stereocenters. The molecule has 0 saturated carbocycles. The largest absolute Gasteiger partial charge is 0.342 e. The fourth-order valence-corrected chi connectivity index (χ4v) is 1.04. The van der Waals surface area contributed by atoms with E-state index in [2.05, 4.69) is 25.1 Å². The van der Waals surface area contributed by atoms with Gasteiger partial charge < -0.3 is 4.98 Å². The molecule has 68 valence electrons. The fourth-order valence-electron chi connectivity index (χ4n) is 0.946. The number of nitrogens with zero attached hydrogens (tertiary/aromatic N) is 3. The van der Waals surface area contributed by atoms with Crippen LogP contribution in [0.1, 0.15) is 18.1 Å². The van der Waals surface area contributed by atoms with Gasteiger partial charge in [0, 0.05) is 12.4 Å². The predicted octanol–water partition coefficient (Wildman–Crippen LogP) is 1.49. The first-order chi connectivity index (χ1) is 6.27. The summed E-state index contributed by atoms with van der Waals surface area (Å²) in [6.07, 6.45) is 3.37. The molecule has 2 rings (SSSR count). The molecular formula is C7H8ClN5. The summed E-state index contributed by atoms with van der Waals surface area (Å²) in [6.45, 7) is 1.83. The molecule has 2 N–H and O–H groups in total. The first-order valence-electron chi connectivity index (χ1n) is 3.83. The molecule has 2 aromatic rings. The van der Waals surface area contributed by atoms with E-state index in [0.717, 1.165) is 0 Å². The number of rotatable bonds is 2. The van der Waals surface area contributed by atoms with Gasteiger partial charge in [0.05, 0.1) is 5.38 Å². The summed E-state index contributed by atoms with van der Waals surface area (Å²) in [5.41, 5.74) is 0. The Morgan fingerprint density at radius 2 is 2.38 bits per heavy atom. The second kappa shape index (κ2) is 3.18. The third kappa shape index (κ3) is 1.55. The summed E-state index contributed by atoms with van der Waals surface area (Å²) in [4.78, 5) is 11.1. The van der Waals surface area contributed by atoms with Crippen LogP contribution in [0.4, 0.5) is 0 Å². The van der Waals surface area contributed by atoms with Gasteiger partial charge in [-0.1, -0.05) is 0 Å². The van der Waals surface area contributed by atoms with Crippen LogP contribution in [0.2, 0.25) is 0 Å². The Bertz CT molecular complexity index is 377. The first kappa shape index (κ1) is 8.25. The van der Waals surface area contributed by atoms with Gasteiger partial charge in [0.25, 0.3) is 0 Å². The number of hydrogen-bond acceptors (Lipinski definition) is 3. The number of H-pyrrole nitrogens is 2. The van der Waals surface area contributed by atoms with Crippen molar-refractivity contribution in [3.8, 4) is 11.6 Å². The predicted molar refractivity (Wildman–Crippen MR) is 48.2 cm³/mol. The molecular weight excluding hydrogens is 190 g/mol. The van der Waals surface area contributed by atoms with Gasteiger partial charge in [0.1, 0.15) is 5.82 Å². The molecule has 13 heavy (non-hydrogen) atoms. The van der Waals surface area contributed by atoms with Crippen LogP contribution in [0.25, 0.3) is 11.6 Å². The number of halogens is 1. The molecule has 0 aromatic carbocycles. The van der Waals surface area contributed by atoms with Crippen LogP contribution in [-0.2, 0) is 0 Å². The lowest BCUT2D eigenvalue weighted by atomic mass is 10.4. The minimum Gasteiger partial charge on any atom is -0.342 e. The highest BCUT2D eigenvalue weighted by Crippen LogP contribution is 2.16. The van der Waals surface area contributed by atoms with Gasteiger partial charge in [-0.25, -0.2) is 9.97 Å². The Balaban J connectivity index is 2.33. The zero-order valence-electron chi connectivity index (χ0n) is 6.95. The average Bonchev–Trinajstić information content (AvgIpc) is 2.75. The van der Waals surface area contributed by atoms with Crippen LogP contribution < -0.4 is 0 Å². The van der Waals surface area contributed by atoms with E-state index < -0.39 is 0 Å². The molecule has 0 aliphatic heterocycles. The van der Waals surface area contributed by atoms with E-state index in [1.807, 2.05) is 6.92 Å². The SMILES string of the molecule is CC(Cl)c1nc(-c2ncc[nH]2)n[nH]1. The molecule has 0 radical (unpaired) electrons. The summed E-state index contributed by atoms with van der Waals surface area (Å²) in [6, 6.07) is 0. The third-order valence-electron chi connectivity index (χ3n) is 1.59. The van der Waals surface area contributed by atoms with Crippen LogP contribution in [0, 0.1) is 0 Å². The zero-order chi connectivity index (χ0) is 9.26. The van der Waals surface area contributed by atoms with Crippen molar-refractivity contribution in [2.45, 2.75) is 12.3 Å². The summed E-state index contributed by atoms with van der Waals surface area (Å²) in [7, 11) is 0. The average molecular weight is 198 g/mol. The summed E-state index contributed by atoms with van der Waals surface area (Å²) in [5, 5.41) is 6.54. The van der Waals surface area contributed by atoms with Crippen molar-refractivity contribution < 1.29 is 0 Å². The number of alkyl halides is 1. The second-order valence-electron chi connectivity index (χ2n) is 2.60. The molecule has 0 spiro atoms. The van der Waals surface area contributed by atoms with Gasteiger partial charge in [-0.2, -0.15) is 5.10 Å². The quantitative estimate of drug-likeness (QED) is 0.717. The highest BCUT2D eigenvalue weighted by Gasteiger charge is 2.10. The van der Waals surface area contributed by atoms with E-state index in [-0.39, 0.29) is 5.38 Å². The van der Waals surface area contributed by atoms with E-state index >= 15 is 0 Å². The molecule has 0 fully saturated rings. The van der Waals surface area contributed by atoms with Gasteiger partial charge in [0.2, 0.25) is 5.82 Å². The molecule has 6 heteroatoms. The van der Waals surface area contributed by atoms with Crippen LogP contribution in [0.3, 0.4) is 0 Å². The van der Waals surface area contributed by atoms with E-state index in [1.54, 1.807) is 12.4 Å². The van der Waals surface area contributed by atoms with E-state index in [0.29, 0.717) is 17.5 Å². The lowest BCUT2D eigenvalue weighted by Crippen LogP contribution is -1.87. The molecule has 0 aliphatic rings. The molecule has 0 bridgehead atoms. The van der Waals surface area contributed by atoms with E-state index in [9.17, 15) is 0 Å². The Morgan fingerprint density at radius 1 is 1.54 bits per heavy atom. The lowest BCUT2D eigenvalue weighted by Gasteiger charge is -1.92. The van der Waals surface area contributed by atoms with Crippen molar-refractivity contribution in [2.24, 2.45) is 0 Å². The Hall–Kier alpha value is -1.36. The van der Waals surface area contributed by atoms with Crippen LogP contribution >= 0.6 is 11.6 Å². The van der Waals surface area contributed by atoms with Crippen molar-refractivity contribution in [2.75, 3.05) is 0 Å². The molecule has 1 unspecified atom stereocenters. The summed E-state index contributed by atoms with van der Waals surface area (Å²) < 4.78 is 0. The number of hydrogen-bond donors (Lipinski definition) is 2. The smallest absolute Gasteiger partial charge is 0.217 e. The van der Waals surface area contributed by atoms with Crippen LogP contribution in [0.5, 0.6) is 0 Å². The Kier molecular flexibility index (Phi) is 2.02. The van der Waals surface area contributed by atoms with Crippen molar-refractivity contribution in [3.05, 3.63) is 18.2 Å². The monoisotopic (exact) mass is 197 g/mol. The topological polar surface area (TPSA) is 70.2 Å². The van der Waals surface area contributed by atoms with Gasteiger partial charge in [0.15, 0.2) is 5.82 Å². The maximum Gasteiger partial charge on any atom is 0.217 e. The zero-order valence-corrected chi connectivity index (χ0v) is 7.71. The molecule has 0 aliphatic carbocycles. The molecule has 0 saturated heterocycles. The van der Waals surface area contributed by atoms with E-state index in [4.69, 9.17) is 11.6 Å². The van der Waals surface area contributed by atoms with Crippen molar-refractivity contribution in [1.29, 1.82) is 0 Å². The molecule has 2 heterocycles. The van der Waals surface area contributed by atoms with Crippen LogP contribution in [0.15, 0.2) is 12.4 Å². The van der Waals surface area contributed by atoms with Gasteiger partial charge >= 0.3 is 0 Å². The van der Waals surface area contributed by atoms with Crippen LogP contribution in [-0.4, -0.2) is 25.1 Å². The number of aromatic amines is 2. The maximum atomic E-state index is 5.81. The highest BCUT2D eigenvalue weighted by atomic mass is 35.5. The number of aromatic nitrogens is 5. The Morgan fingerprint density at radius 3 is 2.92 bits per heavy atom. The standard InChI is InChI=1S/C7H8ClN5/c1-4(8)5-11-7(13-12-5)6-9-2-3-10-6/h2-4H,1H3,(H,9,10)(H,11,12,13). The minimum atomic E-state index is -0.170. The summed E-state index contributed by atoms with van der Waals surface area (Å²) in [5.74, 6) is 1.82. The molecule has 5 nitrogen and oxygen atoms in total. The van der Waals surface area contributed by atoms with Gasteiger partial charge in [-0.05, 0) is 6.92 Å². The lowest BCUT2D eigenvalue weighted by molar-refractivity contribution is 0.918. The third-order valence-corrected chi connectivity index (χ3v) is 1.80. The molecule has 0 amide bonds. The van der Waals surface area contributed by atoms with Gasteiger partial charge in [-0.3, -0.25) is 5.10 Å². The summed E-state index contributed by atoms with van der Waals surface area (Å²) >= 11 is 5.81. The van der Waals surface area contributed by atoms with Crippen molar-refractivity contribution in [1.82, 2.24) is 25.1 Å². The number of imidazole rings is 1. The minimum absolute atomic E-state index is 0.170. The number of nitrogens with one attached hydrogen (secondary N) is 2. The van der Waals surface area contributed by atoms with Gasteiger partial charge in [-0.15, -0.1) is 11.6 Å². The Labute approximate surface area is 79.6 Å². The fraction of sp³-hybridized carbons (Fsp3) is 0.286. The highest BCUT2D eigenvalue weighted by molar-refractivity contribution is 6.20. The maximum absolute atomic E-state index is 5.81.